The molecule has 6 heteroatoms. The monoisotopic (exact) mass is 304 g/mol. The Morgan fingerprint density at radius 2 is 1.90 bits per heavy atom. The summed E-state index contributed by atoms with van der Waals surface area (Å²) in [5.74, 6) is -0.139. The summed E-state index contributed by atoms with van der Waals surface area (Å²) in [4.78, 5) is 13.7. The third-order valence-electron chi connectivity index (χ3n) is 2.97. The molecule has 0 unspecified atom stereocenters. The average molecular weight is 305 g/mol. The van der Waals surface area contributed by atoms with Crippen molar-refractivity contribution in [3.8, 4) is 12.1 Å². The first-order valence-corrected chi connectivity index (χ1v) is 6.98. The topological polar surface area (TPSA) is 79.9 Å². The molecule has 0 aliphatic carbocycles. The molecule has 1 aromatic carbocycles. The van der Waals surface area contributed by atoms with Gasteiger partial charge in [-0.3, -0.25) is 4.79 Å². The van der Waals surface area contributed by atoms with Gasteiger partial charge >= 0.3 is 0 Å². The fourth-order valence-electron chi connectivity index (χ4n) is 1.80. The van der Waals surface area contributed by atoms with E-state index in [1.54, 1.807) is 12.1 Å². The number of nitrogens with one attached hydrogen (secondary N) is 1. The lowest BCUT2D eigenvalue weighted by Gasteiger charge is -2.21. The maximum atomic E-state index is 12.1. The van der Waals surface area contributed by atoms with Crippen molar-refractivity contribution in [1.29, 1.82) is 10.5 Å². The van der Waals surface area contributed by atoms with Crippen molar-refractivity contribution >= 4 is 23.2 Å². The molecule has 110 valence electrons. The molecule has 21 heavy (non-hydrogen) atoms. The summed E-state index contributed by atoms with van der Waals surface area (Å²) in [6.07, 6.45) is 0.515. The fraction of sp³-hybridized carbons (Fsp3) is 0.400. The van der Waals surface area contributed by atoms with Gasteiger partial charge in [0.2, 0.25) is 5.91 Å². The van der Waals surface area contributed by atoms with E-state index in [1.807, 2.05) is 25.1 Å². The second kappa shape index (κ2) is 8.84. The van der Waals surface area contributed by atoms with Gasteiger partial charge in [0, 0.05) is 23.8 Å². The second-order valence-corrected chi connectivity index (χ2v) is 4.95. The summed E-state index contributed by atoms with van der Waals surface area (Å²) in [5.41, 5.74) is 1.80. The van der Waals surface area contributed by atoms with E-state index >= 15 is 0 Å². The zero-order valence-corrected chi connectivity index (χ0v) is 12.7. The van der Waals surface area contributed by atoms with Crippen LogP contribution in [0.3, 0.4) is 0 Å². The van der Waals surface area contributed by atoms with E-state index in [2.05, 4.69) is 5.32 Å². The Kier molecular flexibility index (Phi) is 7.08. The van der Waals surface area contributed by atoms with Crippen LogP contribution < -0.4 is 5.32 Å². The Balaban J connectivity index is 2.62. The second-order valence-electron chi connectivity index (χ2n) is 4.51. The number of carbonyl (C=O) groups excluding carboxylic acids is 1. The number of nitrogens with zero attached hydrogens (tertiary/aromatic N) is 3. The summed E-state index contributed by atoms with van der Waals surface area (Å²) >= 11 is 5.92. The molecule has 0 radical (unpaired) electrons. The molecule has 0 saturated heterocycles. The van der Waals surface area contributed by atoms with Crippen LogP contribution in [0.5, 0.6) is 0 Å². The van der Waals surface area contributed by atoms with Crippen LogP contribution in [0.4, 0.5) is 5.69 Å². The van der Waals surface area contributed by atoms with Crippen molar-refractivity contribution < 1.29 is 4.79 Å². The van der Waals surface area contributed by atoms with E-state index in [-0.39, 0.29) is 25.3 Å². The summed E-state index contributed by atoms with van der Waals surface area (Å²) < 4.78 is 0. The number of carbonyl (C=O) groups is 1. The van der Waals surface area contributed by atoms with Gasteiger partial charge in [0.15, 0.2) is 0 Å². The van der Waals surface area contributed by atoms with Crippen LogP contribution in [0, 0.1) is 29.6 Å². The Bertz CT molecular complexity index is 556. The SMILES string of the molecule is Cc1ccc(Cl)cc1NCC(=O)N(CCC#N)CCC#N. The first-order chi connectivity index (χ1) is 10.1. The predicted molar refractivity (Wildman–Crippen MR) is 81.7 cm³/mol. The highest BCUT2D eigenvalue weighted by Crippen LogP contribution is 2.19. The van der Waals surface area contributed by atoms with Crippen molar-refractivity contribution in [2.75, 3.05) is 25.0 Å². The minimum atomic E-state index is -0.139. The molecule has 5 nitrogen and oxygen atoms in total. The number of nitriles is 2. The van der Waals surface area contributed by atoms with E-state index in [4.69, 9.17) is 22.1 Å². The van der Waals surface area contributed by atoms with E-state index in [0.29, 0.717) is 18.1 Å². The number of hydrogen-bond acceptors (Lipinski definition) is 4. The van der Waals surface area contributed by atoms with Gasteiger partial charge in [-0.05, 0) is 24.6 Å². The highest BCUT2D eigenvalue weighted by atomic mass is 35.5. The fourth-order valence-corrected chi connectivity index (χ4v) is 1.97. The first-order valence-electron chi connectivity index (χ1n) is 6.60. The molecular formula is C15H17ClN4O. The van der Waals surface area contributed by atoms with E-state index in [9.17, 15) is 4.79 Å². The number of aryl methyl sites for hydroxylation is 1. The van der Waals surface area contributed by atoms with E-state index in [0.717, 1.165) is 11.3 Å². The minimum absolute atomic E-state index is 0.109. The number of halogens is 1. The van der Waals surface area contributed by atoms with Crippen molar-refractivity contribution in [2.24, 2.45) is 0 Å². The van der Waals surface area contributed by atoms with Crippen LogP contribution in [-0.2, 0) is 4.79 Å². The van der Waals surface area contributed by atoms with Gasteiger partial charge in [0.05, 0.1) is 31.5 Å². The standard InChI is InChI=1S/C15H17ClN4O/c1-12-4-5-13(16)10-14(12)19-11-15(21)20(8-2-6-17)9-3-7-18/h4-5,10,19H,2-3,8-9,11H2,1H3. The summed E-state index contributed by atoms with van der Waals surface area (Å²) in [7, 11) is 0. The summed E-state index contributed by atoms with van der Waals surface area (Å²) in [6.45, 7) is 2.71. The smallest absolute Gasteiger partial charge is 0.241 e. The summed E-state index contributed by atoms with van der Waals surface area (Å²) in [6, 6.07) is 9.43. The molecule has 0 spiro atoms. The van der Waals surface area contributed by atoms with Gasteiger partial charge in [0.25, 0.3) is 0 Å². The quantitative estimate of drug-likeness (QED) is 0.840. The van der Waals surface area contributed by atoms with Crippen molar-refractivity contribution in [3.63, 3.8) is 0 Å². The first kappa shape index (κ1) is 16.8. The Labute approximate surface area is 129 Å². The summed E-state index contributed by atoms with van der Waals surface area (Å²) in [5, 5.41) is 20.9. The minimum Gasteiger partial charge on any atom is -0.376 e. The molecule has 0 bridgehead atoms. The van der Waals surface area contributed by atoms with Gasteiger partial charge in [0.1, 0.15) is 0 Å². The van der Waals surface area contributed by atoms with Crippen LogP contribution in [0.1, 0.15) is 18.4 Å². The molecule has 0 fully saturated rings. The predicted octanol–water partition coefficient (Wildman–Crippen LogP) is 2.72. The van der Waals surface area contributed by atoms with Gasteiger partial charge in [-0.15, -0.1) is 0 Å². The Morgan fingerprint density at radius 3 is 2.48 bits per heavy atom. The lowest BCUT2D eigenvalue weighted by Crippen LogP contribution is -2.37. The number of rotatable bonds is 7. The van der Waals surface area contributed by atoms with Gasteiger partial charge in [-0.2, -0.15) is 10.5 Å². The van der Waals surface area contributed by atoms with Crippen LogP contribution >= 0.6 is 11.6 Å². The molecule has 0 aromatic heterocycles. The zero-order chi connectivity index (χ0) is 15.7. The third kappa shape index (κ3) is 5.72. The van der Waals surface area contributed by atoms with E-state index in [1.165, 1.54) is 4.90 Å². The molecule has 0 aliphatic rings. The highest BCUT2D eigenvalue weighted by molar-refractivity contribution is 6.30. The van der Waals surface area contributed by atoms with Crippen LogP contribution in [0.2, 0.25) is 5.02 Å². The number of anilines is 1. The lowest BCUT2D eigenvalue weighted by atomic mass is 10.2. The normalized spacial score (nSPS) is 9.52. The molecule has 1 aromatic rings. The lowest BCUT2D eigenvalue weighted by molar-refractivity contribution is -0.129. The molecular weight excluding hydrogens is 288 g/mol. The zero-order valence-electron chi connectivity index (χ0n) is 11.9. The molecule has 1 amide bonds. The Morgan fingerprint density at radius 1 is 1.29 bits per heavy atom. The van der Waals surface area contributed by atoms with Crippen molar-refractivity contribution in [2.45, 2.75) is 19.8 Å². The maximum absolute atomic E-state index is 12.1. The Hall–Kier alpha value is -2.24. The molecule has 1 rings (SSSR count). The number of hydrogen-bond donors (Lipinski definition) is 1. The highest BCUT2D eigenvalue weighted by Gasteiger charge is 2.13. The van der Waals surface area contributed by atoms with E-state index < -0.39 is 0 Å². The molecule has 0 aliphatic heterocycles. The molecule has 0 heterocycles. The number of amides is 1. The molecule has 0 atom stereocenters. The van der Waals surface area contributed by atoms with Gasteiger partial charge in [-0.25, -0.2) is 0 Å². The largest absolute Gasteiger partial charge is 0.376 e. The van der Waals surface area contributed by atoms with Crippen LogP contribution in [0.15, 0.2) is 18.2 Å². The van der Waals surface area contributed by atoms with Gasteiger partial charge < -0.3 is 10.2 Å². The average Bonchev–Trinajstić information content (AvgIpc) is 2.48. The number of benzene rings is 1. The third-order valence-corrected chi connectivity index (χ3v) is 3.20. The van der Waals surface area contributed by atoms with Crippen LogP contribution in [-0.4, -0.2) is 30.4 Å². The van der Waals surface area contributed by atoms with Crippen molar-refractivity contribution in [3.05, 3.63) is 28.8 Å². The maximum Gasteiger partial charge on any atom is 0.241 e. The molecule has 1 N–H and O–H groups in total. The molecule has 0 saturated carbocycles. The van der Waals surface area contributed by atoms with Crippen LogP contribution in [0.25, 0.3) is 0 Å². The van der Waals surface area contributed by atoms with Gasteiger partial charge in [-0.1, -0.05) is 17.7 Å². The van der Waals surface area contributed by atoms with Crippen molar-refractivity contribution in [1.82, 2.24) is 4.90 Å².